The van der Waals surface area contributed by atoms with E-state index in [9.17, 15) is 14.9 Å². The van der Waals surface area contributed by atoms with E-state index in [1.54, 1.807) is 23.5 Å². The first kappa shape index (κ1) is 13.8. The highest BCUT2D eigenvalue weighted by atomic mass is 32.1. The fourth-order valence-electron chi connectivity index (χ4n) is 2.72. The fourth-order valence-corrected chi connectivity index (χ4v) is 3.71. The Bertz CT molecular complexity index is 696. The summed E-state index contributed by atoms with van der Waals surface area (Å²) in [6, 6.07) is 6.71. The lowest BCUT2D eigenvalue weighted by atomic mass is 9.93. The van der Waals surface area contributed by atoms with Crippen LogP contribution in [-0.2, 0) is 6.42 Å². The Morgan fingerprint density at radius 3 is 3.00 bits per heavy atom. The highest BCUT2D eigenvalue weighted by Gasteiger charge is 2.24. The fraction of sp³-hybridized carbons (Fsp3) is 0.267. The summed E-state index contributed by atoms with van der Waals surface area (Å²) >= 11 is 1.74. The van der Waals surface area contributed by atoms with Gasteiger partial charge in [0, 0.05) is 16.5 Å². The molecule has 0 fully saturated rings. The Morgan fingerprint density at radius 2 is 2.24 bits per heavy atom. The number of fused-ring (bicyclic) bond motifs is 1. The van der Waals surface area contributed by atoms with E-state index in [-0.39, 0.29) is 11.7 Å². The topological polar surface area (TPSA) is 72.2 Å². The van der Waals surface area contributed by atoms with Crippen LogP contribution in [0.15, 0.2) is 29.6 Å². The van der Waals surface area contributed by atoms with E-state index in [1.165, 1.54) is 16.5 Å². The summed E-state index contributed by atoms with van der Waals surface area (Å²) in [5.41, 5.74) is 1.96. The molecule has 0 saturated carbocycles. The van der Waals surface area contributed by atoms with Gasteiger partial charge < -0.3 is 5.32 Å². The number of thiophene rings is 1. The van der Waals surface area contributed by atoms with Crippen LogP contribution in [0.2, 0.25) is 0 Å². The predicted molar refractivity (Wildman–Crippen MR) is 82.1 cm³/mol. The zero-order valence-electron chi connectivity index (χ0n) is 11.2. The van der Waals surface area contributed by atoms with Crippen molar-refractivity contribution in [1.82, 2.24) is 0 Å². The first-order chi connectivity index (χ1) is 10.2. The molecule has 1 aromatic carbocycles. The van der Waals surface area contributed by atoms with Crippen LogP contribution in [0.4, 0.5) is 11.4 Å². The molecule has 21 heavy (non-hydrogen) atoms. The van der Waals surface area contributed by atoms with E-state index in [0.717, 1.165) is 19.3 Å². The van der Waals surface area contributed by atoms with Crippen LogP contribution >= 0.6 is 11.3 Å². The molecule has 2 aromatic rings. The molecule has 0 spiro atoms. The van der Waals surface area contributed by atoms with Crippen molar-refractivity contribution in [3.63, 3.8) is 0 Å². The van der Waals surface area contributed by atoms with Gasteiger partial charge in [-0.05, 0) is 48.4 Å². The number of benzene rings is 1. The third kappa shape index (κ3) is 2.67. The number of hydrogen-bond donors (Lipinski definition) is 1. The molecule has 0 saturated heterocycles. The van der Waals surface area contributed by atoms with Crippen molar-refractivity contribution >= 4 is 29.0 Å². The lowest BCUT2D eigenvalue weighted by Crippen LogP contribution is -2.16. The van der Waals surface area contributed by atoms with Crippen LogP contribution in [-0.4, -0.2) is 11.2 Å². The molecule has 0 bridgehead atoms. The van der Waals surface area contributed by atoms with Crippen LogP contribution in [0, 0.1) is 10.1 Å². The molecular formula is C15H14N2O3S. The molecule has 0 radical (unpaired) electrons. The summed E-state index contributed by atoms with van der Waals surface area (Å²) in [6.45, 7) is 0. The van der Waals surface area contributed by atoms with Crippen molar-refractivity contribution in [2.24, 2.45) is 0 Å². The standard InChI is InChI=1S/C15H14N2O3S/c18-9-10-4-5-13(14(8-10)17(19)20)16-12-2-1-3-15-11(12)6-7-21-15/h4-9,12,16H,1-3H2. The molecule has 1 aromatic heterocycles. The summed E-state index contributed by atoms with van der Waals surface area (Å²) in [7, 11) is 0. The van der Waals surface area contributed by atoms with Crippen LogP contribution in [0.3, 0.4) is 0 Å². The van der Waals surface area contributed by atoms with E-state index in [4.69, 9.17) is 0 Å². The molecule has 1 unspecified atom stereocenters. The monoisotopic (exact) mass is 302 g/mol. The van der Waals surface area contributed by atoms with Gasteiger partial charge in [0.2, 0.25) is 0 Å². The Kier molecular flexibility index (Phi) is 3.70. The maximum Gasteiger partial charge on any atom is 0.293 e. The first-order valence-corrected chi connectivity index (χ1v) is 7.63. The number of nitro groups is 1. The zero-order chi connectivity index (χ0) is 14.8. The van der Waals surface area contributed by atoms with E-state index in [2.05, 4.69) is 16.8 Å². The van der Waals surface area contributed by atoms with E-state index in [0.29, 0.717) is 17.5 Å². The quantitative estimate of drug-likeness (QED) is 0.527. The summed E-state index contributed by atoms with van der Waals surface area (Å²) in [5.74, 6) is 0. The van der Waals surface area contributed by atoms with Crippen molar-refractivity contribution in [2.75, 3.05) is 5.32 Å². The molecule has 0 amide bonds. The number of nitrogens with zero attached hydrogens (tertiary/aromatic N) is 1. The maximum atomic E-state index is 11.2. The molecule has 5 nitrogen and oxygen atoms in total. The summed E-state index contributed by atoms with van der Waals surface area (Å²) in [6.07, 6.45) is 3.73. The number of aryl methyl sites for hydroxylation is 1. The summed E-state index contributed by atoms with van der Waals surface area (Å²) < 4.78 is 0. The van der Waals surface area contributed by atoms with Gasteiger partial charge >= 0.3 is 0 Å². The smallest absolute Gasteiger partial charge is 0.293 e. The molecule has 6 heteroatoms. The average Bonchev–Trinajstić information content (AvgIpc) is 2.97. The van der Waals surface area contributed by atoms with E-state index >= 15 is 0 Å². The largest absolute Gasteiger partial charge is 0.373 e. The van der Waals surface area contributed by atoms with Gasteiger partial charge in [-0.1, -0.05) is 0 Å². The maximum absolute atomic E-state index is 11.2. The van der Waals surface area contributed by atoms with E-state index < -0.39 is 4.92 Å². The summed E-state index contributed by atoms with van der Waals surface area (Å²) in [5, 5.41) is 16.5. The van der Waals surface area contributed by atoms with Crippen LogP contribution < -0.4 is 5.32 Å². The van der Waals surface area contributed by atoms with Gasteiger partial charge in [-0.3, -0.25) is 14.9 Å². The molecule has 3 rings (SSSR count). The van der Waals surface area contributed by atoms with Crippen molar-refractivity contribution in [1.29, 1.82) is 0 Å². The molecule has 1 atom stereocenters. The number of aldehydes is 1. The Hall–Kier alpha value is -2.21. The molecule has 0 aliphatic heterocycles. The number of carbonyl (C=O) groups excluding carboxylic acids is 1. The van der Waals surface area contributed by atoms with Crippen molar-refractivity contribution in [3.05, 3.63) is 55.8 Å². The molecule has 1 aliphatic carbocycles. The molecule has 1 heterocycles. The predicted octanol–water partition coefficient (Wildman–Crippen LogP) is 3.96. The van der Waals surface area contributed by atoms with Crippen LogP contribution in [0.1, 0.15) is 39.7 Å². The summed E-state index contributed by atoms with van der Waals surface area (Å²) in [4.78, 5) is 22.8. The number of carbonyl (C=O) groups is 1. The van der Waals surface area contributed by atoms with Crippen molar-refractivity contribution in [2.45, 2.75) is 25.3 Å². The Labute approximate surface area is 125 Å². The molecule has 1 aliphatic rings. The Balaban J connectivity index is 1.93. The molecule has 108 valence electrons. The highest BCUT2D eigenvalue weighted by Crippen LogP contribution is 2.37. The van der Waals surface area contributed by atoms with Crippen molar-refractivity contribution < 1.29 is 9.72 Å². The van der Waals surface area contributed by atoms with Crippen LogP contribution in [0.5, 0.6) is 0 Å². The number of rotatable bonds is 4. The lowest BCUT2D eigenvalue weighted by molar-refractivity contribution is -0.384. The SMILES string of the molecule is O=Cc1ccc(NC2CCCc3sccc32)c([N+](=O)[O-])c1. The number of anilines is 1. The van der Waals surface area contributed by atoms with Gasteiger partial charge in [-0.25, -0.2) is 0 Å². The second-order valence-corrected chi connectivity index (χ2v) is 6.04. The van der Waals surface area contributed by atoms with Gasteiger partial charge in [-0.2, -0.15) is 0 Å². The molecule has 1 N–H and O–H groups in total. The lowest BCUT2D eigenvalue weighted by Gasteiger charge is -2.24. The van der Waals surface area contributed by atoms with Gasteiger partial charge in [0.1, 0.15) is 12.0 Å². The average molecular weight is 302 g/mol. The van der Waals surface area contributed by atoms with Crippen molar-refractivity contribution in [3.8, 4) is 0 Å². The second-order valence-electron chi connectivity index (χ2n) is 5.04. The van der Waals surface area contributed by atoms with Crippen LogP contribution in [0.25, 0.3) is 0 Å². The minimum absolute atomic E-state index is 0.0537. The first-order valence-electron chi connectivity index (χ1n) is 6.75. The zero-order valence-corrected chi connectivity index (χ0v) is 12.1. The highest BCUT2D eigenvalue weighted by molar-refractivity contribution is 7.10. The van der Waals surface area contributed by atoms with E-state index in [1.807, 2.05) is 0 Å². The second kappa shape index (κ2) is 5.65. The minimum atomic E-state index is -0.452. The Morgan fingerprint density at radius 1 is 1.38 bits per heavy atom. The van der Waals surface area contributed by atoms with Gasteiger partial charge in [-0.15, -0.1) is 11.3 Å². The van der Waals surface area contributed by atoms with Gasteiger partial charge in [0.25, 0.3) is 5.69 Å². The number of nitrogens with one attached hydrogen (secondary N) is 1. The molecular weight excluding hydrogens is 288 g/mol. The third-order valence-electron chi connectivity index (χ3n) is 3.74. The normalized spacial score (nSPS) is 17.0. The third-order valence-corrected chi connectivity index (χ3v) is 4.73. The van der Waals surface area contributed by atoms with Gasteiger partial charge in [0.05, 0.1) is 11.0 Å². The van der Waals surface area contributed by atoms with Gasteiger partial charge in [0.15, 0.2) is 0 Å². The number of nitro benzene ring substituents is 1. The number of hydrogen-bond acceptors (Lipinski definition) is 5. The minimum Gasteiger partial charge on any atom is -0.373 e.